The zero-order chi connectivity index (χ0) is 37.1. The van der Waals surface area contributed by atoms with Crippen molar-refractivity contribution in [1.29, 1.82) is 5.26 Å². The Morgan fingerprint density at radius 2 is 1.74 bits per heavy atom. The molecule has 1 fully saturated rings. The van der Waals surface area contributed by atoms with E-state index >= 15 is 0 Å². The molecule has 1 amide bonds. The van der Waals surface area contributed by atoms with E-state index in [2.05, 4.69) is 32.6 Å². The molecule has 1 aromatic heterocycles. The maximum absolute atomic E-state index is 13.9. The van der Waals surface area contributed by atoms with Gasteiger partial charge in [-0.15, -0.1) is 5.53 Å². The van der Waals surface area contributed by atoms with Crippen LogP contribution in [0.2, 0.25) is 20.1 Å². The summed E-state index contributed by atoms with van der Waals surface area (Å²) >= 11 is 25.7. The van der Waals surface area contributed by atoms with Crippen molar-refractivity contribution in [2.24, 2.45) is 0 Å². The maximum atomic E-state index is 13.9. The number of nitrogens with zero attached hydrogens (tertiary/aromatic N) is 4. The summed E-state index contributed by atoms with van der Waals surface area (Å²) in [4.78, 5) is 19.0. The van der Waals surface area contributed by atoms with Crippen molar-refractivity contribution < 1.29 is 13.9 Å². The fourth-order valence-corrected chi connectivity index (χ4v) is 7.06. The van der Waals surface area contributed by atoms with Gasteiger partial charge in [0.2, 0.25) is 0 Å². The zero-order valence-electron chi connectivity index (χ0n) is 27.8. The molecule has 0 saturated carbocycles. The molecule has 1 saturated heterocycles. The highest BCUT2D eigenvalue weighted by molar-refractivity contribution is 6.42. The Kier molecular flexibility index (Phi) is 11.0. The van der Waals surface area contributed by atoms with Gasteiger partial charge < -0.3 is 25.7 Å². The number of anilines is 3. The number of nitrogens with one attached hydrogen (secondary N) is 4. The molecule has 270 valence electrons. The smallest absolute Gasteiger partial charge is 0.410 e. The van der Waals surface area contributed by atoms with Crippen LogP contribution in [-0.2, 0) is 11.3 Å². The molecule has 3 heterocycles. The van der Waals surface area contributed by atoms with Gasteiger partial charge in [0.05, 0.1) is 48.6 Å². The molecule has 10 nitrogen and oxygen atoms in total. The van der Waals surface area contributed by atoms with Gasteiger partial charge in [-0.05, 0) is 66.4 Å². The van der Waals surface area contributed by atoms with Crippen LogP contribution >= 0.6 is 46.4 Å². The minimum absolute atomic E-state index is 0.0661. The topological polar surface area (TPSA) is 118 Å². The molecule has 7 rings (SSSR count). The average molecular weight is 793 g/mol. The number of hydrogen-bond acceptors (Lipinski definition) is 9. The van der Waals surface area contributed by atoms with Gasteiger partial charge in [0.15, 0.2) is 0 Å². The second-order valence-electron chi connectivity index (χ2n) is 12.5. The Bertz CT molecular complexity index is 2250. The molecular weight excluding hydrogens is 761 g/mol. The third-order valence-electron chi connectivity index (χ3n) is 9.06. The van der Waals surface area contributed by atoms with Crippen molar-refractivity contribution in [2.75, 3.05) is 23.7 Å². The van der Waals surface area contributed by atoms with Crippen LogP contribution in [0.5, 0.6) is 0 Å². The van der Waals surface area contributed by atoms with Crippen LogP contribution < -0.4 is 21.6 Å². The average Bonchev–Trinajstić information content (AvgIpc) is 3.66. The third-order valence-corrected chi connectivity index (χ3v) is 10.4. The Hall–Kier alpha value is -4.96. The SMILES string of the molecule is N#Cc1cnc2c(Cl)cc(NC(C3=CN(C4CCN(C(=O)OCc5ccccc5)CC4)NN3)c3ccc(Cl)c(Cl)c3)cc2c1Nc1ccc(F)c(Cl)c1. The fourth-order valence-electron chi connectivity index (χ4n) is 6.30. The number of aromatic nitrogens is 1. The molecule has 0 radical (unpaired) electrons. The van der Waals surface area contributed by atoms with Crippen LogP contribution in [0.4, 0.5) is 26.2 Å². The predicted molar refractivity (Wildman–Crippen MR) is 206 cm³/mol. The summed E-state index contributed by atoms with van der Waals surface area (Å²) in [7, 11) is 0. The minimum atomic E-state index is -0.562. The molecule has 15 heteroatoms. The van der Waals surface area contributed by atoms with Crippen LogP contribution in [0, 0.1) is 17.1 Å². The van der Waals surface area contributed by atoms with Crippen LogP contribution in [-0.4, -0.2) is 40.1 Å². The standard InChI is InChI=1S/C38H31Cl4FN8O2/c39-29-8-6-23(14-30(29)40)36(34-20-51(49-48-34)27-10-12-50(13-11-27)38(52)53-21-22-4-2-1-3-5-22)47-26-15-28-35(46-25-7-9-33(43)31(41)16-25)24(18-44)19-45-37(28)32(42)17-26/h1-9,14-17,19-20,27,36,47-49H,10-13,21H2,(H,45,46). The van der Waals surface area contributed by atoms with Crippen molar-refractivity contribution in [3.63, 3.8) is 0 Å². The second kappa shape index (κ2) is 16.0. The predicted octanol–water partition coefficient (Wildman–Crippen LogP) is 9.72. The second-order valence-corrected chi connectivity index (χ2v) is 14.1. The van der Waals surface area contributed by atoms with Crippen molar-refractivity contribution >= 4 is 80.5 Å². The first-order valence-electron chi connectivity index (χ1n) is 16.6. The number of likely N-dealkylation sites (tertiary alicyclic amines) is 1. The van der Waals surface area contributed by atoms with Crippen molar-refractivity contribution in [3.05, 3.63) is 140 Å². The Morgan fingerprint density at radius 3 is 2.47 bits per heavy atom. The highest BCUT2D eigenvalue weighted by atomic mass is 35.5. The van der Waals surface area contributed by atoms with Gasteiger partial charge in [0, 0.05) is 48.3 Å². The molecule has 0 spiro atoms. The Morgan fingerprint density at radius 1 is 0.962 bits per heavy atom. The molecule has 5 aromatic rings. The van der Waals surface area contributed by atoms with Crippen LogP contribution in [0.3, 0.4) is 0 Å². The molecule has 1 unspecified atom stereocenters. The largest absolute Gasteiger partial charge is 0.445 e. The number of ether oxygens (including phenoxy) is 1. The van der Waals surface area contributed by atoms with E-state index in [1.807, 2.05) is 53.7 Å². The lowest BCUT2D eigenvalue weighted by atomic mass is 10.0. The number of carbonyl (C=O) groups excluding carboxylic acids is 1. The van der Waals surface area contributed by atoms with E-state index in [0.717, 1.165) is 16.8 Å². The van der Waals surface area contributed by atoms with Gasteiger partial charge in [-0.25, -0.2) is 9.18 Å². The summed E-state index contributed by atoms with van der Waals surface area (Å²) in [6.07, 6.45) is 4.52. The summed E-state index contributed by atoms with van der Waals surface area (Å²) in [5, 5.41) is 20.4. The molecule has 0 aliphatic carbocycles. The highest BCUT2D eigenvalue weighted by Gasteiger charge is 2.31. The van der Waals surface area contributed by atoms with Gasteiger partial charge in [-0.3, -0.25) is 9.99 Å². The summed E-state index contributed by atoms with van der Waals surface area (Å²) in [5.41, 5.74) is 11.3. The van der Waals surface area contributed by atoms with Crippen molar-refractivity contribution in [1.82, 2.24) is 25.9 Å². The van der Waals surface area contributed by atoms with Crippen molar-refractivity contribution in [2.45, 2.75) is 31.5 Å². The maximum Gasteiger partial charge on any atom is 0.410 e. The molecule has 4 N–H and O–H groups in total. The Labute approximate surface area is 325 Å². The summed E-state index contributed by atoms with van der Waals surface area (Å²) < 4.78 is 19.5. The van der Waals surface area contributed by atoms with Gasteiger partial charge in [0.25, 0.3) is 0 Å². The number of piperidine rings is 1. The Balaban J connectivity index is 1.13. The number of pyridine rings is 1. The zero-order valence-corrected chi connectivity index (χ0v) is 30.9. The van der Waals surface area contributed by atoms with E-state index in [1.54, 1.807) is 23.1 Å². The van der Waals surface area contributed by atoms with Crippen LogP contribution in [0.1, 0.15) is 35.6 Å². The molecule has 4 aromatic carbocycles. The lowest BCUT2D eigenvalue weighted by molar-refractivity contribution is 0.0681. The molecule has 1 atom stereocenters. The summed E-state index contributed by atoms with van der Waals surface area (Å²) in [5.74, 6) is -0.562. The number of benzene rings is 4. The normalized spacial score (nSPS) is 15.1. The van der Waals surface area contributed by atoms with Gasteiger partial charge in [0.1, 0.15) is 18.5 Å². The van der Waals surface area contributed by atoms with Gasteiger partial charge in [-0.2, -0.15) is 5.26 Å². The summed E-state index contributed by atoms with van der Waals surface area (Å²) in [6, 6.07) is 24.6. The molecule has 0 bridgehead atoms. The number of halogens is 5. The van der Waals surface area contributed by atoms with E-state index < -0.39 is 11.9 Å². The number of amides is 1. The number of fused-ring (bicyclic) bond motifs is 1. The molecule has 53 heavy (non-hydrogen) atoms. The molecular formula is C38H31Cl4FN8O2. The summed E-state index contributed by atoms with van der Waals surface area (Å²) in [6.45, 7) is 1.32. The number of nitriles is 1. The number of hydrogen-bond donors (Lipinski definition) is 4. The third kappa shape index (κ3) is 8.18. The molecule has 2 aliphatic heterocycles. The van der Waals surface area contributed by atoms with E-state index in [0.29, 0.717) is 69.0 Å². The number of rotatable bonds is 9. The molecule has 2 aliphatic rings. The fraction of sp³-hybridized carbons (Fsp3) is 0.184. The van der Waals surface area contributed by atoms with E-state index in [4.69, 9.17) is 51.1 Å². The highest BCUT2D eigenvalue weighted by Crippen LogP contribution is 2.38. The van der Waals surface area contributed by atoms with Gasteiger partial charge >= 0.3 is 6.09 Å². The van der Waals surface area contributed by atoms with E-state index in [-0.39, 0.29) is 29.3 Å². The van der Waals surface area contributed by atoms with Crippen molar-refractivity contribution in [3.8, 4) is 6.07 Å². The number of carbonyl (C=O) groups is 1. The van der Waals surface area contributed by atoms with Crippen LogP contribution in [0.25, 0.3) is 10.9 Å². The first-order chi connectivity index (χ1) is 25.7. The quantitative estimate of drug-likeness (QED) is 0.116. The lowest BCUT2D eigenvalue weighted by Crippen LogP contribution is -2.49. The monoisotopic (exact) mass is 790 g/mol. The first kappa shape index (κ1) is 36.4. The minimum Gasteiger partial charge on any atom is -0.445 e. The lowest BCUT2D eigenvalue weighted by Gasteiger charge is -2.35. The van der Waals surface area contributed by atoms with E-state index in [1.165, 1.54) is 24.4 Å². The van der Waals surface area contributed by atoms with Gasteiger partial charge in [-0.1, -0.05) is 82.8 Å². The first-order valence-corrected chi connectivity index (χ1v) is 18.1. The van der Waals surface area contributed by atoms with E-state index in [9.17, 15) is 14.4 Å². The number of hydrazine groups is 2. The van der Waals surface area contributed by atoms with Crippen LogP contribution in [0.15, 0.2) is 97.0 Å².